The zero-order valence-corrected chi connectivity index (χ0v) is 9.81. The smallest absolute Gasteiger partial charge is 0.122 e. The van der Waals surface area contributed by atoms with E-state index < -0.39 is 0 Å². The summed E-state index contributed by atoms with van der Waals surface area (Å²) in [7, 11) is 1.92. The van der Waals surface area contributed by atoms with Crippen molar-refractivity contribution in [3.63, 3.8) is 0 Å². The van der Waals surface area contributed by atoms with E-state index in [4.69, 9.17) is 10.5 Å². The Morgan fingerprint density at radius 1 is 1.47 bits per heavy atom. The van der Waals surface area contributed by atoms with Gasteiger partial charge in [-0.2, -0.15) is 5.10 Å². The number of nitrogens with zero attached hydrogens (tertiary/aromatic N) is 2. The molecule has 2 heterocycles. The molecule has 1 aromatic carbocycles. The van der Waals surface area contributed by atoms with E-state index in [1.807, 2.05) is 24.0 Å². The van der Waals surface area contributed by atoms with Gasteiger partial charge in [0.25, 0.3) is 0 Å². The average Bonchev–Trinajstić information content (AvgIpc) is 2.93. The van der Waals surface area contributed by atoms with Gasteiger partial charge in [0.15, 0.2) is 0 Å². The fourth-order valence-corrected chi connectivity index (χ4v) is 2.30. The van der Waals surface area contributed by atoms with E-state index in [0.717, 1.165) is 30.0 Å². The van der Waals surface area contributed by atoms with Gasteiger partial charge in [0.05, 0.1) is 18.5 Å². The Balaban J connectivity index is 2.09. The first-order valence-corrected chi connectivity index (χ1v) is 5.76. The summed E-state index contributed by atoms with van der Waals surface area (Å²) in [6.45, 7) is 1.29. The average molecular weight is 229 g/mol. The fraction of sp³-hybridized carbons (Fsp3) is 0.308. The molecular weight excluding hydrogens is 214 g/mol. The molecule has 0 spiro atoms. The molecule has 4 nitrogen and oxygen atoms in total. The highest BCUT2D eigenvalue weighted by atomic mass is 16.5. The van der Waals surface area contributed by atoms with Gasteiger partial charge in [0.2, 0.25) is 0 Å². The van der Waals surface area contributed by atoms with Crippen LogP contribution in [0.15, 0.2) is 24.4 Å². The molecule has 2 N–H and O–H groups in total. The predicted molar refractivity (Wildman–Crippen MR) is 65.7 cm³/mol. The van der Waals surface area contributed by atoms with E-state index in [-0.39, 0.29) is 0 Å². The molecule has 0 atom stereocenters. The highest BCUT2D eigenvalue weighted by Gasteiger charge is 2.15. The highest BCUT2D eigenvalue weighted by Crippen LogP contribution is 2.31. The molecule has 4 heteroatoms. The van der Waals surface area contributed by atoms with Gasteiger partial charge in [-0.15, -0.1) is 0 Å². The summed E-state index contributed by atoms with van der Waals surface area (Å²) in [5.41, 5.74) is 10.4. The lowest BCUT2D eigenvalue weighted by Gasteiger charge is -2.05. The van der Waals surface area contributed by atoms with Gasteiger partial charge < -0.3 is 10.5 Å². The SMILES string of the molecule is Cn1ncc(-c2ccc3c(c2)CCO3)c1CN. The molecule has 1 aliphatic heterocycles. The molecule has 3 rings (SSSR count). The molecule has 0 unspecified atom stereocenters. The molecule has 0 radical (unpaired) electrons. The van der Waals surface area contributed by atoms with Crippen LogP contribution in [0.3, 0.4) is 0 Å². The van der Waals surface area contributed by atoms with Gasteiger partial charge >= 0.3 is 0 Å². The van der Waals surface area contributed by atoms with Crippen molar-refractivity contribution in [3.05, 3.63) is 35.7 Å². The fourth-order valence-electron chi connectivity index (χ4n) is 2.30. The van der Waals surface area contributed by atoms with Crippen molar-refractivity contribution in [2.24, 2.45) is 12.8 Å². The predicted octanol–water partition coefficient (Wildman–Crippen LogP) is 1.48. The summed E-state index contributed by atoms with van der Waals surface area (Å²) < 4.78 is 7.34. The van der Waals surface area contributed by atoms with Crippen LogP contribution >= 0.6 is 0 Å². The molecule has 0 amide bonds. The summed E-state index contributed by atoms with van der Waals surface area (Å²) in [4.78, 5) is 0. The van der Waals surface area contributed by atoms with Crippen molar-refractivity contribution >= 4 is 0 Å². The third-order valence-electron chi connectivity index (χ3n) is 3.26. The van der Waals surface area contributed by atoms with E-state index in [1.165, 1.54) is 11.1 Å². The van der Waals surface area contributed by atoms with Gasteiger partial charge in [0, 0.05) is 25.6 Å². The largest absolute Gasteiger partial charge is 0.493 e. The zero-order valence-electron chi connectivity index (χ0n) is 9.81. The van der Waals surface area contributed by atoms with Crippen molar-refractivity contribution in [1.82, 2.24) is 9.78 Å². The van der Waals surface area contributed by atoms with Gasteiger partial charge in [0.1, 0.15) is 5.75 Å². The molecule has 0 aliphatic carbocycles. The number of fused-ring (bicyclic) bond motifs is 1. The first-order chi connectivity index (χ1) is 8.29. The van der Waals surface area contributed by atoms with Crippen LogP contribution < -0.4 is 10.5 Å². The van der Waals surface area contributed by atoms with Crippen LogP contribution in [0.1, 0.15) is 11.3 Å². The quantitative estimate of drug-likeness (QED) is 0.848. The topological polar surface area (TPSA) is 53.1 Å². The van der Waals surface area contributed by atoms with Crippen molar-refractivity contribution in [1.29, 1.82) is 0 Å². The third kappa shape index (κ3) is 1.61. The van der Waals surface area contributed by atoms with Crippen molar-refractivity contribution in [2.45, 2.75) is 13.0 Å². The number of aromatic nitrogens is 2. The molecule has 88 valence electrons. The van der Waals surface area contributed by atoms with E-state index in [2.05, 4.69) is 17.2 Å². The van der Waals surface area contributed by atoms with Gasteiger partial charge in [-0.3, -0.25) is 4.68 Å². The second-order valence-electron chi connectivity index (χ2n) is 4.25. The van der Waals surface area contributed by atoms with Crippen molar-refractivity contribution in [2.75, 3.05) is 6.61 Å². The van der Waals surface area contributed by atoms with Crippen LogP contribution in [0.4, 0.5) is 0 Å². The number of aryl methyl sites for hydroxylation is 1. The van der Waals surface area contributed by atoms with Gasteiger partial charge in [-0.25, -0.2) is 0 Å². The molecule has 1 aromatic heterocycles. The number of nitrogens with two attached hydrogens (primary N) is 1. The molecule has 2 aromatic rings. The van der Waals surface area contributed by atoms with Gasteiger partial charge in [-0.1, -0.05) is 6.07 Å². The second-order valence-corrected chi connectivity index (χ2v) is 4.25. The lowest BCUT2D eigenvalue weighted by atomic mass is 10.0. The standard InChI is InChI=1S/C13H15N3O/c1-16-12(7-14)11(8-15-16)9-2-3-13-10(6-9)4-5-17-13/h2-3,6,8H,4-5,7,14H2,1H3. The minimum Gasteiger partial charge on any atom is -0.493 e. The maximum absolute atomic E-state index is 5.76. The van der Waals surface area contributed by atoms with E-state index in [0.29, 0.717) is 6.54 Å². The Morgan fingerprint density at radius 2 is 2.35 bits per heavy atom. The van der Waals surface area contributed by atoms with Crippen LogP contribution in [-0.2, 0) is 20.0 Å². The highest BCUT2D eigenvalue weighted by molar-refractivity contribution is 5.67. The van der Waals surface area contributed by atoms with Crippen LogP contribution in [0.5, 0.6) is 5.75 Å². The maximum atomic E-state index is 5.76. The summed E-state index contributed by atoms with van der Waals surface area (Å²) >= 11 is 0. The van der Waals surface area contributed by atoms with E-state index >= 15 is 0 Å². The molecule has 17 heavy (non-hydrogen) atoms. The molecule has 0 saturated heterocycles. The number of hydrogen-bond donors (Lipinski definition) is 1. The summed E-state index contributed by atoms with van der Waals surface area (Å²) in [5.74, 6) is 1.01. The molecule has 1 aliphatic rings. The molecular formula is C13H15N3O. The van der Waals surface area contributed by atoms with Crippen LogP contribution in [0.25, 0.3) is 11.1 Å². The third-order valence-corrected chi connectivity index (χ3v) is 3.26. The summed E-state index contributed by atoms with van der Waals surface area (Å²) in [6, 6.07) is 6.28. The lowest BCUT2D eigenvalue weighted by Crippen LogP contribution is -2.05. The minimum absolute atomic E-state index is 0.499. The van der Waals surface area contributed by atoms with E-state index in [1.54, 1.807) is 0 Å². The Bertz CT molecular complexity index is 560. The number of hydrogen-bond acceptors (Lipinski definition) is 3. The Kier molecular flexibility index (Phi) is 2.37. The minimum atomic E-state index is 0.499. The number of benzene rings is 1. The normalized spacial score (nSPS) is 13.5. The first-order valence-electron chi connectivity index (χ1n) is 5.76. The summed E-state index contributed by atoms with van der Waals surface area (Å²) in [6.07, 6.45) is 2.86. The van der Waals surface area contributed by atoms with Crippen LogP contribution in [-0.4, -0.2) is 16.4 Å². The molecule has 0 bridgehead atoms. The monoisotopic (exact) mass is 229 g/mol. The Morgan fingerprint density at radius 3 is 3.18 bits per heavy atom. The van der Waals surface area contributed by atoms with Crippen LogP contribution in [0.2, 0.25) is 0 Å². The molecule has 0 saturated carbocycles. The maximum Gasteiger partial charge on any atom is 0.122 e. The van der Waals surface area contributed by atoms with Crippen molar-refractivity contribution in [3.8, 4) is 16.9 Å². The zero-order chi connectivity index (χ0) is 11.8. The second kappa shape index (κ2) is 3.89. The lowest BCUT2D eigenvalue weighted by molar-refractivity contribution is 0.357. The van der Waals surface area contributed by atoms with E-state index in [9.17, 15) is 0 Å². The Hall–Kier alpha value is -1.81. The summed E-state index contributed by atoms with van der Waals surface area (Å²) in [5, 5.41) is 4.26. The van der Waals surface area contributed by atoms with Crippen molar-refractivity contribution < 1.29 is 4.74 Å². The Labute approximate surface area is 100 Å². The molecule has 0 fully saturated rings. The first kappa shape index (κ1) is 10.4. The van der Waals surface area contributed by atoms with Crippen LogP contribution in [0, 0.1) is 0 Å². The van der Waals surface area contributed by atoms with Gasteiger partial charge in [-0.05, 0) is 23.3 Å². The number of ether oxygens (including phenoxy) is 1. The number of rotatable bonds is 2.